The Kier molecular flexibility index (Phi) is 7.02. The average molecular weight is 440 g/mol. The molecular weight excluding hydrogens is 412 g/mol. The molecule has 1 aliphatic heterocycles. The molecule has 1 fully saturated rings. The van der Waals surface area contributed by atoms with Crippen LogP contribution in [0.25, 0.3) is 6.08 Å². The van der Waals surface area contributed by atoms with Gasteiger partial charge in [-0.2, -0.15) is 0 Å². The molecule has 0 aliphatic carbocycles. The number of rotatable bonds is 5. The summed E-state index contributed by atoms with van der Waals surface area (Å²) in [6, 6.07) is 12.0. The van der Waals surface area contributed by atoms with E-state index in [0.717, 1.165) is 5.56 Å². The van der Waals surface area contributed by atoms with Gasteiger partial charge in [-0.25, -0.2) is 9.59 Å². The van der Waals surface area contributed by atoms with Gasteiger partial charge < -0.3 is 13.9 Å². The van der Waals surface area contributed by atoms with Crippen LogP contribution in [-0.4, -0.2) is 47.6 Å². The first-order chi connectivity index (χ1) is 15.1. The fraction of sp³-hybridized carbons (Fsp3) is 0.375. The van der Waals surface area contributed by atoms with Crippen molar-refractivity contribution >= 4 is 29.9 Å². The van der Waals surface area contributed by atoms with Gasteiger partial charge in [0.15, 0.2) is 0 Å². The maximum absolute atomic E-state index is 12.9. The molecule has 0 bridgehead atoms. The van der Waals surface area contributed by atoms with E-state index in [0.29, 0.717) is 18.2 Å². The van der Waals surface area contributed by atoms with E-state index in [2.05, 4.69) is 0 Å². The molecule has 2 amide bonds. The van der Waals surface area contributed by atoms with Gasteiger partial charge in [-0.15, -0.1) is 0 Å². The molecule has 1 aromatic carbocycles. The summed E-state index contributed by atoms with van der Waals surface area (Å²) < 4.78 is 16.3. The van der Waals surface area contributed by atoms with Gasteiger partial charge in [-0.3, -0.25) is 14.6 Å². The number of hydrogen-bond donors (Lipinski definition) is 0. The number of ether oxygens (including phenoxy) is 2. The monoisotopic (exact) mass is 440 g/mol. The Labute approximate surface area is 187 Å². The van der Waals surface area contributed by atoms with Gasteiger partial charge in [0, 0.05) is 25.2 Å². The first-order valence-corrected chi connectivity index (χ1v) is 10.4. The van der Waals surface area contributed by atoms with E-state index >= 15 is 0 Å². The van der Waals surface area contributed by atoms with Gasteiger partial charge >= 0.3 is 12.1 Å². The fourth-order valence-electron chi connectivity index (χ4n) is 3.20. The number of piperazine rings is 1. The summed E-state index contributed by atoms with van der Waals surface area (Å²) in [6.07, 6.45) is 2.23. The topological polar surface area (TPSA) is 89.3 Å². The predicted octanol–water partition coefficient (Wildman–Crippen LogP) is 4.01. The van der Waals surface area contributed by atoms with Crippen LogP contribution in [0, 0.1) is 0 Å². The Morgan fingerprint density at radius 3 is 2.53 bits per heavy atom. The lowest BCUT2D eigenvalue weighted by Gasteiger charge is -2.37. The number of amides is 2. The Balaban J connectivity index is 1.58. The van der Waals surface area contributed by atoms with Gasteiger partial charge in [0.25, 0.3) is 5.91 Å². The Morgan fingerprint density at radius 2 is 1.84 bits per heavy atom. The number of carbonyl (C=O) groups is 3. The highest BCUT2D eigenvalue weighted by Crippen LogP contribution is 2.24. The summed E-state index contributed by atoms with van der Waals surface area (Å²) in [5.41, 5.74) is 0.293. The third-order valence-electron chi connectivity index (χ3n) is 4.76. The smallest absolute Gasteiger partial charge is 0.410 e. The van der Waals surface area contributed by atoms with E-state index in [-0.39, 0.29) is 19.1 Å². The minimum Gasteiger partial charge on any atom is -0.457 e. The minimum absolute atomic E-state index is 0.145. The molecule has 1 atom stereocenters. The van der Waals surface area contributed by atoms with E-state index in [1.165, 1.54) is 22.0 Å². The third kappa shape index (κ3) is 6.00. The SMILES string of the molecule is C[C@H]1C(=O)N(c2ccc(/C=C/C(=O)OC(C)(C)C)o2)CCN1C(=O)OCc1ccccc1. The number of anilines is 1. The Bertz CT molecular complexity index is 989. The molecule has 8 heteroatoms. The molecule has 0 radical (unpaired) electrons. The number of carbonyl (C=O) groups excluding carboxylic acids is 3. The number of nitrogens with zero attached hydrogens (tertiary/aromatic N) is 2. The molecule has 32 heavy (non-hydrogen) atoms. The van der Waals surface area contributed by atoms with Crippen LogP contribution >= 0.6 is 0 Å². The quantitative estimate of drug-likeness (QED) is 0.516. The van der Waals surface area contributed by atoms with Crippen molar-refractivity contribution in [2.45, 2.75) is 45.9 Å². The zero-order chi connectivity index (χ0) is 23.3. The molecule has 3 rings (SSSR count). The van der Waals surface area contributed by atoms with Gasteiger partial charge in [0.2, 0.25) is 5.88 Å². The van der Waals surface area contributed by atoms with Crippen molar-refractivity contribution in [3.63, 3.8) is 0 Å². The van der Waals surface area contributed by atoms with Crippen molar-refractivity contribution < 1.29 is 28.3 Å². The molecular formula is C24H28N2O6. The summed E-state index contributed by atoms with van der Waals surface area (Å²) in [7, 11) is 0. The van der Waals surface area contributed by atoms with Crippen molar-refractivity contribution in [1.29, 1.82) is 0 Å². The second kappa shape index (κ2) is 9.72. The lowest BCUT2D eigenvalue weighted by atomic mass is 10.2. The first kappa shape index (κ1) is 23.1. The van der Waals surface area contributed by atoms with Crippen LogP contribution in [0.2, 0.25) is 0 Å². The number of benzene rings is 1. The molecule has 0 saturated carbocycles. The van der Waals surface area contributed by atoms with E-state index in [1.807, 2.05) is 30.3 Å². The molecule has 0 spiro atoms. The summed E-state index contributed by atoms with van der Waals surface area (Å²) in [5, 5.41) is 0. The fourth-order valence-corrected chi connectivity index (χ4v) is 3.20. The predicted molar refractivity (Wildman–Crippen MR) is 119 cm³/mol. The largest absolute Gasteiger partial charge is 0.457 e. The molecule has 0 N–H and O–H groups in total. The van der Waals surface area contributed by atoms with Crippen LogP contribution in [0.4, 0.5) is 10.7 Å². The third-order valence-corrected chi connectivity index (χ3v) is 4.76. The van der Waals surface area contributed by atoms with Crippen molar-refractivity contribution in [2.24, 2.45) is 0 Å². The number of hydrogen-bond acceptors (Lipinski definition) is 6. The first-order valence-electron chi connectivity index (χ1n) is 10.4. The number of esters is 1. The second-order valence-electron chi connectivity index (χ2n) is 8.44. The van der Waals surface area contributed by atoms with E-state index in [4.69, 9.17) is 13.9 Å². The highest BCUT2D eigenvalue weighted by atomic mass is 16.6. The standard InChI is InChI=1S/C24H28N2O6/c1-17-22(28)26(15-14-25(17)23(29)30-16-18-8-6-5-7-9-18)20-12-10-19(31-20)11-13-21(27)32-24(2,3)4/h5-13,17H,14-16H2,1-4H3/b13-11+/t17-/m0/s1. The van der Waals surface area contributed by atoms with Crippen molar-refractivity contribution in [3.8, 4) is 0 Å². The van der Waals surface area contributed by atoms with Gasteiger partial charge in [-0.1, -0.05) is 30.3 Å². The lowest BCUT2D eigenvalue weighted by molar-refractivity contribution is -0.148. The molecule has 8 nitrogen and oxygen atoms in total. The lowest BCUT2D eigenvalue weighted by Crippen LogP contribution is -2.57. The van der Waals surface area contributed by atoms with Crippen molar-refractivity contribution in [1.82, 2.24) is 4.90 Å². The second-order valence-corrected chi connectivity index (χ2v) is 8.44. The Hall–Kier alpha value is -3.55. The Morgan fingerprint density at radius 1 is 1.12 bits per heavy atom. The van der Waals surface area contributed by atoms with Gasteiger partial charge in [-0.05, 0) is 45.4 Å². The van der Waals surface area contributed by atoms with E-state index in [9.17, 15) is 14.4 Å². The maximum atomic E-state index is 12.9. The summed E-state index contributed by atoms with van der Waals surface area (Å²) in [6.45, 7) is 7.74. The van der Waals surface area contributed by atoms with Gasteiger partial charge in [0.05, 0.1) is 0 Å². The molecule has 1 saturated heterocycles. The molecule has 2 aromatic rings. The zero-order valence-corrected chi connectivity index (χ0v) is 18.7. The number of furan rings is 1. The highest BCUT2D eigenvalue weighted by Gasteiger charge is 2.37. The van der Waals surface area contributed by atoms with Crippen LogP contribution in [0.1, 0.15) is 39.0 Å². The van der Waals surface area contributed by atoms with Crippen LogP contribution in [0.15, 0.2) is 53.0 Å². The molecule has 1 aromatic heterocycles. The maximum Gasteiger partial charge on any atom is 0.410 e. The highest BCUT2D eigenvalue weighted by molar-refractivity contribution is 5.98. The van der Waals surface area contributed by atoms with Crippen LogP contribution in [-0.2, 0) is 25.7 Å². The molecule has 0 unspecified atom stereocenters. The van der Waals surface area contributed by atoms with Crippen LogP contribution in [0.3, 0.4) is 0 Å². The van der Waals surface area contributed by atoms with E-state index in [1.54, 1.807) is 39.8 Å². The van der Waals surface area contributed by atoms with Crippen molar-refractivity contribution in [3.05, 3.63) is 59.9 Å². The zero-order valence-electron chi connectivity index (χ0n) is 18.7. The molecule has 170 valence electrons. The van der Waals surface area contributed by atoms with Gasteiger partial charge in [0.1, 0.15) is 24.0 Å². The average Bonchev–Trinajstić information content (AvgIpc) is 3.21. The summed E-state index contributed by atoms with van der Waals surface area (Å²) >= 11 is 0. The minimum atomic E-state index is -0.696. The normalized spacial score (nSPS) is 17.0. The van der Waals surface area contributed by atoms with Crippen LogP contribution in [0.5, 0.6) is 0 Å². The van der Waals surface area contributed by atoms with E-state index < -0.39 is 23.7 Å². The van der Waals surface area contributed by atoms with Crippen molar-refractivity contribution in [2.75, 3.05) is 18.0 Å². The summed E-state index contributed by atoms with van der Waals surface area (Å²) in [5.74, 6) is 0.00622. The molecule has 2 heterocycles. The van der Waals surface area contributed by atoms with Crippen LogP contribution < -0.4 is 4.90 Å². The summed E-state index contributed by atoms with van der Waals surface area (Å²) in [4.78, 5) is 40.1. The molecule has 1 aliphatic rings.